The Morgan fingerprint density at radius 1 is 1.32 bits per heavy atom. The normalized spacial score (nSPS) is 12.4. The molecule has 0 bridgehead atoms. The van der Waals surface area contributed by atoms with Crippen molar-refractivity contribution in [3.05, 3.63) is 47.8 Å². The maximum Gasteiger partial charge on any atom is 0.119 e. The summed E-state index contributed by atoms with van der Waals surface area (Å²) in [7, 11) is 1.89. The fraction of sp³-hybridized carbons (Fsp3) is 0.357. The number of rotatable bonds is 6. The number of aryl methyl sites for hydroxylation is 1. The first-order valence-corrected chi connectivity index (χ1v) is 6.43. The van der Waals surface area contributed by atoms with Gasteiger partial charge in [-0.05, 0) is 30.2 Å². The smallest absolute Gasteiger partial charge is 0.119 e. The summed E-state index contributed by atoms with van der Waals surface area (Å²) < 4.78 is 7.32. The van der Waals surface area contributed by atoms with Crippen LogP contribution in [0.15, 0.2) is 36.5 Å². The van der Waals surface area contributed by atoms with E-state index in [0.717, 1.165) is 30.0 Å². The fourth-order valence-electron chi connectivity index (χ4n) is 1.92. The SMILES string of the molecule is CCCOc1ccc(C(NN)c2ccn(C)n2)cc1. The van der Waals surface area contributed by atoms with Crippen LogP contribution in [0, 0.1) is 0 Å². The summed E-state index contributed by atoms with van der Waals surface area (Å²) >= 11 is 0. The van der Waals surface area contributed by atoms with Crippen LogP contribution in [0.25, 0.3) is 0 Å². The van der Waals surface area contributed by atoms with Crippen molar-refractivity contribution in [2.75, 3.05) is 6.61 Å². The highest BCUT2D eigenvalue weighted by atomic mass is 16.5. The summed E-state index contributed by atoms with van der Waals surface area (Å²) in [5, 5.41) is 4.37. The van der Waals surface area contributed by atoms with Crippen molar-refractivity contribution in [2.24, 2.45) is 12.9 Å². The second kappa shape index (κ2) is 6.36. The van der Waals surface area contributed by atoms with Crippen LogP contribution >= 0.6 is 0 Å². The predicted molar refractivity (Wildman–Crippen MR) is 74.6 cm³/mol. The maximum atomic E-state index is 5.63. The van der Waals surface area contributed by atoms with Crippen molar-refractivity contribution in [3.63, 3.8) is 0 Å². The minimum absolute atomic E-state index is 0.110. The molecule has 0 spiro atoms. The average Bonchev–Trinajstić information content (AvgIpc) is 2.85. The van der Waals surface area contributed by atoms with Gasteiger partial charge in [0.05, 0.1) is 18.3 Å². The number of hydrogen-bond donors (Lipinski definition) is 2. The Labute approximate surface area is 113 Å². The highest BCUT2D eigenvalue weighted by molar-refractivity contribution is 5.32. The van der Waals surface area contributed by atoms with Crippen LogP contribution < -0.4 is 16.0 Å². The minimum Gasteiger partial charge on any atom is -0.494 e. The van der Waals surface area contributed by atoms with Gasteiger partial charge in [0.25, 0.3) is 0 Å². The summed E-state index contributed by atoms with van der Waals surface area (Å²) in [5.41, 5.74) is 4.75. The van der Waals surface area contributed by atoms with Crippen molar-refractivity contribution < 1.29 is 4.74 Å². The number of aromatic nitrogens is 2. The molecule has 0 radical (unpaired) electrons. The van der Waals surface area contributed by atoms with Crippen LogP contribution in [0.4, 0.5) is 0 Å². The van der Waals surface area contributed by atoms with Gasteiger partial charge in [-0.15, -0.1) is 0 Å². The zero-order chi connectivity index (χ0) is 13.7. The van der Waals surface area contributed by atoms with E-state index in [-0.39, 0.29) is 6.04 Å². The van der Waals surface area contributed by atoms with Gasteiger partial charge in [0.2, 0.25) is 0 Å². The molecule has 19 heavy (non-hydrogen) atoms. The molecule has 1 aromatic heterocycles. The van der Waals surface area contributed by atoms with Crippen molar-refractivity contribution in [1.29, 1.82) is 0 Å². The van der Waals surface area contributed by atoms with Gasteiger partial charge in [0.15, 0.2) is 0 Å². The molecule has 0 saturated carbocycles. The highest BCUT2D eigenvalue weighted by Crippen LogP contribution is 2.22. The molecule has 0 aliphatic carbocycles. The number of hydrogen-bond acceptors (Lipinski definition) is 4. The predicted octanol–water partition coefficient (Wildman–Crippen LogP) is 1.76. The molecule has 0 saturated heterocycles. The third-order valence-corrected chi connectivity index (χ3v) is 2.88. The van der Waals surface area contributed by atoms with Crippen molar-refractivity contribution in [1.82, 2.24) is 15.2 Å². The van der Waals surface area contributed by atoms with E-state index in [1.807, 2.05) is 43.6 Å². The first-order chi connectivity index (χ1) is 9.24. The Balaban J connectivity index is 2.15. The molecule has 0 aliphatic rings. The molecule has 0 fully saturated rings. The second-order valence-corrected chi connectivity index (χ2v) is 4.43. The Morgan fingerprint density at radius 2 is 2.05 bits per heavy atom. The molecule has 2 aromatic rings. The first-order valence-electron chi connectivity index (χ1n) is 6.43. The third-order valence-electron chi connectivity index (χ3n) is 2.88. The topological polar surface area (TPSA) is 65.1 Å². The number of nitrogens with two attached hydrogens (primary N) is 1. The van der Waals surface area contributed by atoms with E-state index in [1.54, 1.807) is 4.68 Å². The fourth-order valence-corrected chi connectivity index (χ4v) is 1.92. The summed E-state index contributed by atoms with van der Waals surface area (Å²) in [4.78, 5) is 0. The zero-order valence-electron chi connectivity index (χ0n) is 11.3. The number of benzene rings is 1. The molecule has 5 heteroatoms. The molecule has 1 atom stereocenters. The van der Waals surface area contributed by atoms with Crippen LogP contribution in [0.1, 0.15) is 30.6 Å². The lowest BCUT2D eigenvalue weighted by Crippen LogP contribution is -2.29. The molecule has 1 aromatic carbocycles. The lowest BCUT2D eigenvalue weighted by atomic mass is 10.0. The molecule has 102 valence electrons. The molecule has 5 nitrogen and oxygen atoms in total. The molecular weight excluding hydrogens is 240 g/mol. The van der Waals surface area contributed by atoms with Crippen LogP contribution in [-0.4, -0.2) is 16.4 Å². The Kier molecular flexibility index (Phi) is 4.54. The zero-order valence-corrected chi connectivity index (χ0v) is 11.3. The van der Waals surface area contributed by atoms with E-state index in [9.17, 15) is 0 Å². The Morgan fingerprint density at radius 3 is 2.58 bits per heavy atom. The summed E-state index contributed by atoms with van der Waals surface area (Å²) in [5.74, 6) is 6.51. The number of hydrazine groups is 1. The van der Waals surface area contributed by atoms with Crippen LogP contribution in [0.2, 0.25) is 0 Å². The van der Waals surface area contributed by atoms with Gasteiger partial charge >= 0.3 is 0 Å². The number of nitrogens with zero attached hydrogens (tertiary/aromatic N) is 2. The molecular formula is C14H20N4O. The van der Waals surface area contributed by atoms with Crippen LogP contribution in [-0.2, 0) is 7.05 Å². The Hall–Kier alpha value is -1.85. The minimum atomic E-state index is -0.110. The van der Waals surface area contributed by atoms with E-state index >= 15 is 0 Å². The quantitative estimate of drug-likeness (QED) is 0.613. The summed E-state index contributed by atoms with van der Waals surface area (Å²) in [6.45, 7) is 2.82. The first kappa shape index (κ1) is 13.6. The van der Waals surface area contributed by atoms with Gasteiger partial charge in [-0.3, -0.25) is 10.5 Å². The van der Waals surface area contributed by atoms with Gasteiger partial charge in [0, 0.05) is 13.2 Å². The van der Waals surface area contributed by atoms with Gasteiger partial charge in [-0.1, -0.05) is 19.1 Å². The van der Waals surface area contributed by atoms with Crippen LogP contribution in [0.5, 0.6) is 5.75 Å². The van der Waals surface area contributed by atoms with Crippen LogP contribution in [0.3, 0.4) is 0 Å². The van der Waals surface area contributed by atoms with E-state index in [1.165, 1.54) is 0 Å². The third kappa shape index (κ3) is 3.33. The van der Waals surface area contributed by atoms with E-state index in [4.69, 9.17) is 10.6 Å². The number of ether oxygens (including phenoxy) is 1. The standard InChI is InChI=1S/C14H20N4O/c1-3-10-19-12-6-4-11(5-7-12)14(16-15)13-8-9-18(2)17-13/h4-9,14,16H,3,10,15H2,1-2H3. The lowest BCUT2D eigenvalue weighted by Gasteiger charge is -2.14. The molecule has 2 rings (SSSR count). The summed E-state index contributed by atoms with van der Waals surface area (Å²) in [6, 6.07) is 9.76. The monoisotopic (exact) mass is 260 g/mol. The molecule has 1 heterocycles. The van der Waals surface area contributed by atoms with E-state index < -0.39 is 0 Å². The van der Waals surface area contributed by atoms with E-state index in [2.05, 4.69) is 17.4 Å². The highest BCUT2D eigenvalue weighted by Gasteiger charge is 2.14. The Bertz CT molecular complexity index is 506. The van der Waals surface area contributed by atoms with Gasteiger partial charge < -0.3 is 4.74 Å². The molecule has 0 amide bonds. The molecule has 3 N–H and O–H groups in total. The van der Waals surface area contributed by atoms with Gasteiger partial charge in [-0.25, -0.2) is 5.43 Å². The largest absolute Gasteiger partial charge is 0.494 e. The van der Waals surface area contributed by atoms with E-state index in [0.29, 0.717) is 0 Å². The lowest BCUT2D eigenvalue weighted by molar-refractivity contribution is 0.317. The summed E-state index contributed by atoms with van der Waals surface area (Å²) in [6.07, 6.45) is 2.90. The van der Waals surface area contributed by atoms with Gasteiger partial charge in [0.1, 0.15) is 5.75 Å². The van der Waals surface area contributed by atoms with Gasteiger partial charge in [-0.2, -0.15) is 5.10 Å². The average molecular weight is 260 g/mol. The molecule has 0 aliphatic heterocycles. The second-order valence-electron chi connectivity index (χ2n) is 4.43. The van der Waals surface area contributed by atoms with Crippen molar-refractivity contribution in [3.8, 4) is 5.75 Å². The van der Waals surface area contributed by atoms with Crippen molar-refractivity contribution in [2.45, 2.75) is 19.4 Å². The molecule has 1 unspecified atom stereocenters. The number of nitrogens with one attached hydrogen (secondary N) is 1. The maximum absolute atomic E-state index is 5.63. The van der Waals surface area contributed by atoms with Crippen molar-refractivity contribution >= 4 is 0 Å².